The van der Waals surface area contributed by atoms with Gasteiger partial charge < -0.3 is 15.4 Å². The molecule has 1 fully saturated rings. The summed E-state index contributed by atoms with van der Waals surface area (Å²) in [7, 11) is 0. The van der Waals surface area contributed by atoms with Gasteiger partial charge in [0.25, 0.3) is 5.91 Å². The van der Waals surface area contributed by atoms with E-state index in [0.717, 1.165) is 29.7 Å². The maximum absolute atomic E-state index is 12.6. The highest BCUT2D eigenvalue weighted by Crippen LogP contribution is 2.31. The molecule has 5 nitrogen and oxygen atoms in total. The monoisotopic (exact) mass is 366 g/mol. The van der Waals surface area contributed by atoms with Crippen molar-refractivity contribution in [2.24, 2.45) is 5.92 Å². The second-order valence-electron chi connectivity index (χ2n) is 7.11. The van der Waals surface area contributed by atoms with Gasteiger partial charge in [-0.2, -0.15) is 0 Å². The Bertz CT molecular complexity index is 843. The second-order valence-corrected chi connectivity index (χ2v) is 7.11. The number of amides is 2. The average Bonchev–Trinajstić information content (AvgIpc) is 3.47. The zero-order chi connectivity index (χ0) is 19.4. The number of anilines is 2. The summed E-state index contributed by atoms with van der Waals surface area (Å²) in [6.45, 7) is 5.83. The fraction of sp³-hybridized carbons (Fsp3) is 0.364. The Kier molecular flexibility index (Phi) is 5.79. The molecule has 0 saturated heterocycles. The van der Waals surface area contributed by atoms with Gasteiger partial charge in [0, 0.05) is 17.3 Å². The van der Waals surface area contributed by atoms with Gasteiger partial charge in [-0.1, -0.05) is 25.1 Å². The van der Waals surface area contributed by atoms with Crippen molar-refractivity contribution in [3.63, 3.8) is 0 Å². The smallest absolute Gasteiger partial charge is 0.265 e. The van der Waals surface area contributed by atoms with Gasteiger partial charge >= 0.3 is 0 Å². The van der Waals surface area contributed by atoms with Gasteiger partial charge in [0.1, 0.15) is 5.75 Å². The van der Waals surface area contributed by atoms with E-state index in [1.807, 2.05) is 57.2 Å². The maximum atomic E-state index is 12.6. The van der Waals surface area contributed by atoms with Crippen LogP contribution in [0.3, 0.4) is 0 Å². The average molecular weight is 366 g/mol. The summed E-state index contributed by atoms with van der Waals surface area (Å²) in [6, 6.07) is 13.2. The lowest BCUT2D eigenvalue weighted by Gasteiger charge is -2.18. The van der Waals surface area contributed by atoms with Gasteiger partial charge in [-0.05, 0) is 68.5 Å². The van der Waals surface area contributed by atoms with Crippen LogP contribution in [0.2, 0.25) is 0 Å². The molecule has 27 heavy (non-hydrogen) atoms. The third-order valence-corrected chi connectivity index (χ3v) is 4.64. The van der Waals surface area contributed by atoms with E-state index in [9.17, 15) is 9.59 Å². The van der Waals surface area contributed by atoms with E-state index in [1.165, 1.54) is 0 Å². The first-order chi connectivity index (χ1) is 13.0. The number of rotatable bonds is 7. The van der Waals surface area contributed by atoms with Gasteiger partial charge in [0.15, 0.2) is 6.10 Å². The van der Waals surface area contributed by atoms with Crippen molar-refractivity contribution in [2.45, 2.75) is 46.1 Å². The maximum Gasteiger partial charge on any atom is 0.265 e. The number of carbonyl (C=O) groups is 2. The van der Waals surface area contributed by atoms with Crippen LogP contribution in [0.25, 0.3) is 0 Å². The highest BCUT2D eigenvalue weighted by atomic mass is 16.5. The Balaban J connectivity index is 1.67. The van der Waals surface area contributed by atoms with Crippen LogP contribution in [-0.4, -0.2) is 17.9 Å². The number of hydrogen-bond acceptors (Lipinski definition) is 3. The van der Waals surface area contributed by atoms with Crippen molar-refractivity contribution in [3.8, 4) is 5.75 Å². The summed E-state index contributed by atoms with van der Waals surface area (Å²) in [4.78, 5) is 24.7. The summed E-state index contributed by atoms with van der Waals surface area (Å²) in [5.41, 5.74) is 3.42. The molecule has 1 saturated carbocycles. The molecular weight excluding hydrogens is 340 g/mol. The standard InChI is InChI=1S/C22H26N2O3/c1-4-20(27-18-7-5-6-14(2)12-18)22(26)23-17-11-8-15(3)19(13-17)24-21(25)16-9-10-16/h5-8,11-13,16,20H,4,9-10H2,1-3H3,(H,23,26)(H,24,25). The summed E-state index contributed by atoms with van der Waals surface area (Å²) in [5, 5.41) is 5.85. The third kappa shape index (κ3) is 5.09. The van der Waals surface area contributed by atoms with Crippen molar-refractivity contribution in [1.82, 2.24) is 0 Å². The molecule has 1 aliphatic carbocycles. The van der Waals surface area contributed by atoms with E-state index in [4.69, 9.17) is 4.74 Å². The van der Waals surface area contributed by atoms with Gasteiger partial charge in [-0.3, -0.25) is 9.59 Å². The minimum absolute atomic E-state index is 0.0517. The van der Waals surface area contributed by atoms with Crippen LogP contribution in [0.5, 0.6) is 5.75 Å². The third-order valence-electron chi connectivity index (χ3n) is 4.64. The summed E-state index contributed by atoms with van der Waals surface area (Å²) in [6.07, 6.45) is 1.88. The number of hydrogen-bond donors (Lipinski definition) is 2. The van der Waals surface area contributed by atoms with Crippen molar-refractivity contribution in [3.05, 3.63) is 53.6 Å². The molecule has 2 aromatic carbocycles. The van der Waals surface area contributed by atoms with E-state index in [-0.39, 0.29) is 17.7 Å². The molecule has 0 radical (unpaired) electrons. The van der Waals surface area contributed by atoms with Gasteiger partial charge in [-0.25, -0.2) is 0 Å². The normalized spacial score (nSPS) is 14.3. The van der Waals surface area contributed by atoms with E-state index >= 15 is 0 Å². The quantitative estimate of drug-likeness (QED) is 0.761. The van der Waals surface area contributed by atoms with Crippen LogP contribution in [0.15, 0.2) is 42.5 Å². The lowest BCUT2D eigenvalue weighted by molar-refractivity contribution is -0.122. The minimum Gasteiger partial charge on any atom is -0.481 e. The molecule has 5 heteroatoms. The number of nitrogens with one attached hydrogen (secondary N) is 2. The predicted octanol–water partition coefficient (Wildman–Crippen LogP) is 4.45. The molecule has 1 atom stereocenters. The van der Waals surface area contributed by atoms with Gasteiger partial charge in [-0.15, -0.1) is 0 Å². The second kappa shape index (κ2) is 8.25. The van der Waals surface area contributed by atoms with Crippen molar-refractivity contribution < 1.29 is 14.3 Å². The molecule has 3 rings (SSSR count). The van der Waals surface area contributed by atoms with Crippen LogP contribution < -0.4 is 15.4 Å². The van der Waals surface area contributed by atoms with Crippen LogP contribution in [0, 0.1) is 19.8 Å². The van der Waals surface area contributed by atoms with E-state index in [0.29, 0.717) is 17.9 Å². The first-order valence-electron chi connectivity index (χ1n) is 9.42. The molecule has 1 aliphatic rings. The Hall–Kier alpha value is -2.82. The lowest BCUT2D eigenvalue weighted by atomic mass is 10.1. The molecule has 0 aromatic heterocycles. The Labute approximate surface area is 160 Å². The topological polar surface area (TPSA) is 67.4 Å². The van der Waals surface area contributed by atoms with Gasteiger partial charge in [0.05, 0.1) is 0 Å². The fourth-order valence-electron chi connectivity index (χ4n) is 2.81. The van der Waals surface area contributed by atoms with Crippen LogP contribution in [0.1, 0.15) is 37.3 Å². The van der Waals surface area contributed by atoms with Crippen molar-refractivity contribution in [2.75, 3.05) is 10.6 Å². The molecule has 0 spiro atoms. The zero-order valence-electron chi connectivity index (χ0n) is 16.0. The van der Waals surface area contributed by atoms with Crippen LogP contribution in [0.4, 0.5) is 11.4 Å². The first-order valence-corrected chi connectivity index (χ1v) is 9.42. The van der Waals surface area contributed by atoms with Gasteiger partial charge in [0.2, 0.25) is 5.91 Å². The molecule has 2 N–H and O–H groups in total. The number of benzene rings is 2. The number of aryl methyl sites for hydroxylation is 2. The molecule has 2 aromatic rings. The summed E-state index contributed by atoms with van der Waals surface area (Å²) >= 11 is 0. The Morgan fingerprint density at radius 3 is 2.56 bits per heavy atom. The first kappa shape index (κ1) is 19.0. The molecule has 0 aliphatic heterocycles. The number of carbonyl (C=O) groups excluding carboxylic acids is 2. The van der Waals surface area contributed by atoms with Crippen LogP contribution >= 0.6 is 0 Å². The molecule has 0 bridgehead atoms. The van der Waals surface area contributed by atoms with E-state index < -0.39 is 6.10 Å². The van der Waals surface area contributed by atoms with E-state index in [1.54, 1.807) is 6.07 Å². The fourth-order valence-corrected chi connectivity index (χ4v) is 2.81. The lowest BCUT2D eigenvalue weighted by Crippen LogP contribution is -2.32. The summed E-state index contributed by atoms with van der Waals surface area (Å²) < 4.78 is 5.85. The van der Waals surface area contributed by atoms with E-state index in [2.05, 4.69) is 10.6 Å². The van der Waals surface area contributed by atoms with Crippen molar-refractivity contribution >= 4 is 23.2 Å². The predicted molar refractivity (Wildman–Crippen MR) is 107 cm³/mol. The molecule has 2 amide bonds. The van der Waals surface area contributed by atoms with Crippen LogP contribution in [-0.2, 0) is 9.59 Å². The van der Waals surface area contributed by atoms with Crippen molar-refractivity contribution in [1.29, 1.82) is 0 Å². The highest BCUT2D eigenvalue weighted by Gasteiger charge is 2.29. The molecule has 1 unspecified atom stereocenters. The zero-order valence-corrected chi connectivity index (χ0v) is 16.0. The number of ether oxygens (including phenoxy) is 1. The Morgan fingerprint density at radius 2 is 1.89 bits per heavy atom. The Morgan fingerprint density at radius 1 is 1.11 bits per heavy atom. The largest absolute Gasteiger partial charge is 0.481 e. The minimum atomic E-state index is -0.586. The highest BCUT2D eigenvalue weighted by molar-refractivity contribution is 5.97. The molecule has 142 valence electrons. The molecular formula is C22H26N2O3. The SMILES string of the molecule is CCC(Oc1cccc(C)c1)C(=O)Nc1ccc(C)c(NC(=O)C2CC2)c1. The summed E-state index contributed by atoms with van der Waals surface area (Å²) in [5.74, 6) is 0.659. The molecule has 0 heterocycles.